The van der Waals surface area contributed by atoms with Crippen molar-refractivity contribution in [1.82, 2.24) is 4.90 Å². The zero-order chi connectivity index (χ0) is 12.6. The molecule has 17 heavy (non-hydrogen) atoms. The van der Waals surface area contributed by atoms with E-state index in [1.807, 2.05) is 26.8 Å². The van der Waals surface area contributed by atoms with Crippen molar-refractivity contribution < 1.29 is 9.21 Å². The van der Waals surface area contributed by atoms with Crippen molar-refractivity contribution in [3.63, 3.8) is 0 Å². The van der Waals surface area contributed by atoms with Crippen LogP contribution in [0, 0.1) is 0 Å². The third kappa shape index (κ3) is 2.45. The summed E-state index contributed by atoms with van der Waals surface area (Å²) in [6, 6.07) is 3.60. The van der Waals surface area contributed by atoms with Gasteiger partial charge in [0.05, 0.1) is 11.2 Å². The fourth-order valence-corrected chi connectivity index (χ4v) is 3.16. The van der Waals surface area contributed by atoms with Gasteiger partial charge in [-0.15, -0.1) is 0 Å². The highest BCUT2D eigenvalue weighted by Crippen LogP contribution is 2.36. The molecule has 5 heteroatoms. The van der Waals surface area contributed by atoms with Gasteiger partial charge in [0.25, 0.3) is 5.91 Å². The van der Waals surface area contributed by atoms with Crippen molar-refractivity contribution in [2.45, 2.75) is 26.3 Å². The van der Waals surface area contributed by atoms with E-state index in [-0.39, 0.29) is 11.4 Å². The van der Waals surface area contributed by atoms with Crippen molar-refractivity contribution in [3.8, 4) is 0 Å². The Bertz CT molecular complexity index is 483. The smallest absolute Gasteiger partial charge is 0.266 e. The minimum absolute atomic E-state index is 0.0519. The van der Waals surface area contributed by atoms with Crippen LogP contribution < -0.4 is 0 Å². The number of carbonyl (C=O) groups excluding carboxylic acids is 1. The van der Waals surface area contributed by atoms with Gasteiger partial charge in [-0.3, -0.25) is 9.69 Å². The van der Waals surface area contributed by atoms with Crippen molar-refractivity contribution in [2.75, 3.05) is 0 Å². The van der Waals surface area contributed by atoms with E-state index in [4.69, 9.17) is 16.6 Å². The number of furan rings is 1. The molecule has 1 fully saturated rings. The molecule has 0 aromatic carbocycles. The average Bonchev–Trinajstić information content (AvgIpc) is 2.75. The van der Waals surface area contributed by atoms with Gasteiger partial charge in [-0.05, 0) is 32.9 Å². The first-order chi connectivity index (χ1) is 7.89. The van der Waals surface area contributed by atoms with Crippen LogP contribution in [0.3, 0.4) is 0 Å². The van der Waals surface area contributed by atoms with Crippen molar-refractivity contribution in [1.29, 1.82) is 0 Å². The Morgan fingerprint density at radius 1 is 1.47 bits per heavy atom. The van der Waals surface area contributed by atoms with E-state index in [1.54, 1.807) is 23.3 Å². The van der Waals surface area contributed by atoms with Crippen LogP contribution in [0.1, 0.15) is 26.5 Å². The highest BCUT2D eigenvalue weighted by atomic mass is 32.2. The van der Waals surface area contributed by atoms with Crippen LogP contribution in [-0.4, -0.2) is 20.7 Å². The molecular weight excluding hydrogens is 254 g/mol. The van der Waals surface area contributed by atoms with Gasteiger partial charge in [0.2, 0.25) is 0 Å². The van der Waals surface area contributed by atoms with E-state index in [1.165, 1.54) is 11.8 Å². The Hall–Kier alpha value is -1.07. The molecule has 0 saturated carbocycles. The second kappa shape index (κ2) is 4.31. The summed E-state index contributed by atoms with van der Waals surface area (Å²) < 4.78 is 5.79. The number of rotatable bonds is 1. The predicted molar refractivity (Wildman–Crippen MR) is 73.5 cm³/mol. The van der Waals surface area contributed by atoms with E-state index >= 15 is 0 Å². The number of hydrogen-bond donors (Lipinski definition) is 0. The second-order valence-corrected chi connectivity index (χ2v) is 6.38. The Labute approximate surface area is 110 Å². The summed E-state index contributed by atoms with van der Waals surface area (Å²) in [6.45, 7) is 5.90. The van der Waals surface area contributed by atoms with Gasteiger partial charge >= 0.3 is 0 Å². The number of amides is 1. The van der Waals surface area contributed by atoms with Gasteiger partial charge in [0.1, 0.15) is 10.1 Å². The number of thioether (sulfide) groups is 1. The maximum absolute atomic E-state index is 12.2. The molecule has 0 bridgehead atoms. The first-order valence-electron chi connectivity index (χ1n) is 5.21. The number of thiocarbonyl (C=S) groups is 1. The van der Waals surface area contributed by atoms with Crippen LogP contribution in [0.25, 0.3) is 6.08 Å². The third-order valence-electron chi connectivity index (χ3n) is 2.28. The van der Waals surface area contributed by atoms with E-state index < -0.39 is 0 Å². The molecule has 1 amide bonds. The topological polar surface area (TPSA) is 33.5 Å². The first-order valence-corrected chi connectivity index (χ1v) is 6.43. The summed E-state index contributed by atoms with van der Waals surface area (Å²) in [5.41, 5.74) is -0.292. The highest BCUT2D eigenvalue weighted by Gasteiger charge is 2.39. The van der Waals surface area contributed by atoms with Gasteiger partial charge in [0, 0.05) is 11.6 Å². The lowest BCUT2D eigenvalue weighted by Crippen LogP contribution is -2.44. The SMILES string of the molecule is CC(C)(C)N1C(=O)C(=Cc2ccco2)SC1=S. The molecule has 1 saturated heterocycles. The highest BCUT2D eigenvalue weighted by molar-refractivity contribution is 8.26. The Kier molecular flexibility index (Phi) is 3.14. The minimum atomic E-state index is -0.292. The molecule has 1 aliphatic rings. The van der Waals surface area contributed by atoms with Crippen molar-refractivity contribution in [2.24, 2.45) is 0 Å². The summed E-state index contributed by atoms with van der Waals surface area (Å²) in [7, 11) is 0. The number of hydrogen-bond acceptors (Lipinski definition) is 4. The largest absolute Gasteiger partial charge is 0.465 e. The van der Waals surface area contributed by atoms with Gasteiger partial charge in [-0.2, -0.15) is 0 Å². The molecule has 1 aromatic rings. The van der Waals surface area contributed by atoms with Crippen LogP contribution in [0.5, 0.6) is 0 Å². The quantitative estimate of drug-likeness (QED) is 0.577. The van der Waals surface area contributed by atoms with Crippen LogP contribution >= 0.6 is 24.0 Å². The lowest BCUT2D eigenvalue weighted by Gasteiger charge is -2.30. The van der Waals surface area contributed by atoms with E-state index in [9.17, 15) is 4.79 Å². The molecular formula is C12H13NO2S2. The fourth-order valence-electron chi connectivity index (χ4n) is 1.55. The normalized spacial score (nSPS) is 19.5. The summed E-state index contributed by atoms with van der Waals surface area (Å²) >= 11 is 6.55. The van der Waals surface area contributed by atoms with E-state index in [2.05, 4.69) is 0 Å². The standard InChI is InChI=1S/C12H13NO2S2/c1-12(2,3)13-10(14)9(17-11(13)16)7-8-5-4-6-15-8/h4-7H,1-3H3. The molecule has 0 N–H and O–H groups in total. The maximum Gasteiger partial charge on any atom is 0.266 e. The Balaban J connectivity index is 2.31. The average molecular weight is 267 g/mol. The van der Waals surface area contributed by atoms with E-state index in [0.717, 1.165) is 0 Å². The van der Waals surface area contributed by atoms with Crippen molar-refractivity contribution in [3.05, 3.63) is 29.1 Å². The Morgan fingerprint density at radius 3 is 2.65 bits per heavy atom. The molecule has 0 unspecified atom stereocenters. The summed E-state index contributed by atoms with van der Waals surface area (Å²) in [4.78, 5) is 14.4. The van der Waals surface area contributed by atoms with E-state index in [0.29, 0.717) is 15.0 Å². The second-order valence-electron chi connectivity index (χ2n) is 4.70. The molecule has 0 radical (unpaired) electrons. The van der Waals surface area contributed by atoms with Crippen molar-refractivity contribution >= 4 is 40.3 Å². The minimum Gasteiger partial charge on any atom is -0.465 e. The summed E-state index contributed by atoms with van der Waals surface area (Å²) in [6.07, 6.45) is 3.31. The summed E-state index contributed by atoms with van der Waals surface area (Å²) in [5, 5.41) is 0. The predicted octanol–water partition coefficient (Wildman–Crippen LogP) is 3.28. The molecule has 1 aliphatic heterocycles. The van der Waals surface area contributed by atoms with Gasteiger partial charge in [0.15, 0.2) is 0 Å². The van der Waals surface area contributed by atoms with Crippen LogP contribution in [-0.2, 0) is 4.79 Å². The number of nitrogens with zero attached hydrogens (tertiary/aromatic N) is 1. The van der Waals surface area contributed by atoms with Crippen LogP contribution in [0.15, 0.2) is 27.7 Å². The molecule has 0 spiro atoms. The van der Waals surface area contributed by atoms with Crippen LogP contribution in [0.2, 0.25) is 0 Å². The Morgan fingerprint density at radius 2 is 2.18 bits per heavy atom. The molecule has 0 aliphatic carbocycles. The molecule has 2 rings (SSSR count). The summed E-state index contributed by atoms with van der Waals surface area (Å²) in [5.74, 6) is 0.614. The molecule has 3 nitrogen and oxygen atoms in total. The molecule has 90 valence electrons. The van der Waals surface area contributed by atoms with Gasteiger partial charge in [-0.1, -0.05) is 24.0 Å². The maximum atomic E-state index is 12.2. The van der Waals surface area contributed by atoms with Crippen LogP contribution in [0.4, 0.5) is 0 Å². The monoisotopic (exact) mass is 267 g/mol. The third-order valence-corrected chi connectivity index (χ3v) is 3.58. The molecule has 0 atom stereocenters. The molecule has 2 heterocycles. The first kappa shape index (κ1) is 12.4. The zero-order valence-electron chi connectivity index (χ0n) is 9.89. The lowest BCUT2D eigenvalue weighted by atomic mass is 10.1. The van der Waals surface area contributed by atoms with Gasteiger partial charge < -0.3 is 4.42 Å². The fraction of sp³-hybridized carbons (Fsp3) is 0.333. The zero-order valence-corrected chi connectivity index (χ0v) is 11.5. The lowest BCUT2D eigenvalue weighted by molar-refractivity contribution is -0.125. The van der Waals surface area contributed by atoms with Gasteiger partial charge in [-0.25, -0.2) is 0 Å². The number of carbonyl (C=O) groups is 1. The molecule has 1 aromatic heterocycles.